The first-order valence-electron chi connectivity index (χ1n) is 6.90. The largest absolute Gasteiger partial charge is 0.481 e. The molecular weight excluding hydrogens is 335 g/mol. The van der Waals surface area contributed by atoms with Gasteiger partial charge >= 0.3 is 12.1 Å². The SMILES string of the molecule is O=C(O)CCC(Cc1ccccc1)NS(=O)(=O)CCC(F)(F)F. The maximum Gasteiger partial charge on any atom is 0.390 e. The summed E-state index contributed by atoms with van der Waals surface area (Å²) >= 11 is 0. The zero-order chi connectivity index (χ0) is 17.5. The average Bonchev–Trinajstić information content (AvgIpc) is 2.43. The summed E-state index contributed by atoms with van der Waals surface area (Å²) in [6.07, 6.45) is -6.09. The number of carboxylic acids is 1. The van der Waals surface area contributed by atoms with Gasteiger partial charge in [0.25, 0.3) is 0 Å². The third-order valence-electron chi connectivity index (χ3n) is 3.03. The molecule has 0 fully saturated rings. The van der Waals surface area contributed by atoms with Crippen molar-refractivity contribution in [3.63, 3.8) is 0 Å². The van der Waals surface area contributed by atoms with Gasteiger partial charge in [0.15, 0.2) is 0 Å². The number of alkyl halides is 3. The molecule has 0 heterocycles. The summed E-state index contributed by atoms with van der Waals surface area (Å²) < 4.78 is 62.2. The number of carbonyl (C=O) groups is 1. The molecule has 0 bridgehead atoms. The van der Waals surface area contributed by atoms with E-state index in [9.17, 15) is 26.4 Å². The van der Waals surface area contributed by atoms with Crippen molar-refractivity contribution < 1.29 is 31.5 Å². The van der Waals surface area contributed by atoms with Crippen LogP contribution in [0.4, 0.5) is 13.2 Å². The third kappa shape index (κ3) is 9.19. The van der Waals surface area contributed by atoms with Gasteiger partial charge in [-0.3, -0.25) is 4.79 Å². The van der Waals surface area contributed by atoms with Crippen LogP contribution in [0.1, 0.15) is 24.8 Å². The summed E-state index contributed by atoms with van der Waals surface area (Å²) in [5.41, 5.74) is 0.765. The Hall–Kier alpha value is -1.61. The highest BCUT2D eigenvalue weighted by molar-refractivity contribution is 7.89. The van der Waals surface area contributed by atoms with E-state index in [4.69, 9.17) is 5.11 Å². The quantitative estimate of drug-likeness (QED) is 0.714. The van der Waals surface area contributed by atoms with Crippen molar-refractivity contribution >= 4 is 16.0 Å². The first-order valence-corrected chi connectivity index (χ1v) is 8.55. The van der Waals surface area contributed by atoms with Crippen LogP contribution < -0.4 is 4.72 Å². The summed E-state index contributed by atoms with van der Waals surface area (Å²) in [5.74, 6) is -2.17. The van der Waals surface area contributed by atoms with Gasteiger partial charge in [0, 0.05) is 12.5 Å². The number of hydrogen-bond acceptors (Lipinski definition) is 3. The predicted molar refractivity (Wildman–Crippen MR) is 78.4 cm³/mol. The highest BCUT2D eigenvalue weighted by Crippen LogP contribution is 2.20. The topological polar surface area (TPSA) is 83.5 Å². The average molecular weight is 353 g/mol. The van der Waals surface area contributed by atoms with Crippen LogP contribution in [0, 0.1) is 0 Å². The van der Waals surface area contributed by atoms with E-state index >= 15 is 0 Å². The molecule has 0 aliphatic heterocycles. The molecule has 0 saturated heterocycles. The molecule has 0 aliphatic rings. The number of carboxylic acid groups (broad SMARTS) is 1. The van der Waals surface area contributed by atoms with E-state index in [2.05, 4.69) is 4.72 Å². The normalized spacial score (nSPS) is 13.7. The molecule has 0 amide bonds. The van der Waals surface area contributed by atoms with E-state index in [1.165, 1.54) is 0 Å². The highest BCUT2D eigenvalue weighted by atomic mass is 32.2. The van der Waals surface area contributed by atoms with Gasteiger partial charge in [-0.1, -0.05) is 30.3 Å². The molecule has 0 aromatic heterocycles. The number of rotatable bonds is 9. The van der Waals surface area contributed by atoms with Crippen molar-refractivity contribution in [2.45, 2.75) is 37.9 Å². The molecule has 1 aromatic rings. The molecule has 0 aliphatic carbocycles. The van der Waals surface area contributed by atoms with Crippen molar-refractivity contribution in [3.05, 3.63) is 35.9 Å². The molecule has 0 spiro atoms. The summed E-state index contributed by atoms with van der Waals surface area (Å²) in [7, 11) is -4.14. The van der Waals surface area contributed by atoms with Crippen LogP contribution in [0.25, 0.3) is 0 Å². The molecule has 9 heteroatoms. The molecule has 5 nitrogen and oxygen atoms in total. The lowest BCUT2D eigenvalue weighted by atomic mass is 10.0. The Labute approximate surface area is 132 Å². The molecule has 0 radical (unpaired) electrons. The molecule has 1 aromatic carbocycles. The Bertz CT molecular complexity index is 602. The van der Waals surface area contributed by atoms with Crippen LogP contribution >= 0.6 is 0 Å². The maximum atomic E-state index is 12.2. The Morgan fingerprint density at radius 2 is 1.83 bits per heavy atom. The second-order valence-corrected chi connectivity index (χ2v) is 6.99. The lowest BCUT2D eigenvalue weighted by Crippen LogP contribution is -2.39. The van der Waals surface area contributed by atoms with Crippen LogP contribution in [0.2, 0.25) is 0 Å². The highest BCUT2D eigenvalue weighted by Gasteiger charge is 2.30. The van der Waals surface area contributed by atoms with Gasteiger partial charge in [0.05, 0.1) is 12.2 Å². The molecular formula is C14H18F3NO4S. The Morgan fingerprint density at radius 3 is 2.35 bits per heavy atom. The molecule has 1 rings (SSSR count). The second kappa shape index (κ2) is 8.30. The minimum atomic E-state index is -4.56. The Kier molecular flexibility index (Phi) is 7.01. The van der Waals surface area contributed by atoms with Crippen LogP contribution in [-0.2, 0) is 21.2 Å². The molecule has 23 heavy (non-hydrogen) atoms. The smallest absolute Gasteiger partial charge is 0.390 e. The van der Waals surface area contributed by atoms with E-state index < -0.39 is 40.4 Å². The first kappa shape index (κ1) is 19.4. The zero-order valence-electron chi connectivity index (χ0n) is 12.2. The Morgan fingerprint density at radius 1 is 1.22 bits per heavy atom. The van der Waals surface area contributed by atoms with Gasteiger partial charge in [0.1, 0.15) is 0 Å². The van der Waals surface area contributed by atoms with Crippen molar-refractivity contribution in [3.8, 4) is 0 Å². The number of aliphatic carboxylic acids is 1. The number of benzene rings is 1. The maximum absolute atomic E-state index is 12.2. The van der Waals surface area contributed by atoms with Gasteiger partial charge in [-0.05, 0) is 18.4 Å². The van der Waals surface area contributed by atoms with E-state index in [1.807, 2.05) is 0 Å². The second-order valence-electron chi connectivity index (χ2n) is 5.12. The predicted octanol–water partition coefficient (Wildman–Crippen LogP) is 2.33. The van der Waals surface area contributed by atoms with Gasteiger partial charge in [-0.25, -0.2) is 13.1 Å². The lowest BCUT2D eigenvalue weighted by molar-refractivity contribution is -0.137. The molecule has 130 valence electrons. The van der Waals surface area contributed by atoms with Crippen molar-refractivity contribution in [2.24, 2.45) is 0 Å². The van der Waals surface area contributed by atoms with E-state index in [1.54, 1.807) is 30.3 Å². The molecule has 2 N–H and O–H groups in total. The van der Waals surface area contributed by atoms with Crippen LogP contribution in [0.15, 0.2) is 30.3 Å². The number of nitrogens with one attached hydrogen (secondary N) is 1. The Balaban J connectivity index is 2.73. The first-order chi connectivity index (χ1) is 10.6. The van der Waals surface area contributed by atoms with Crippen molar-refractivity contribution in [1.82, 2.24) is 4.72 Å². The van der Waals surface area contributed by atoms with Gasteiger partial charge < -0.3 is 5.11 Å². The van der Waals surface area contributed by atoms with Crippen molar-refractivity contribution in [2.75, 3.05) is 5.75 Å². The van der Waals surface area contributed by atoms with Gasteiger partial charge in [-0.15, -0.1) is 0 Å². The van der Waals surface area contributed by atoms with Crippen LogP contribution in [0.5, 0.6) is 0 Å². The number of sulfonamides is 1. The number of halogens is 3. The van der Waals surface area contributed by atoms with Gasteiger partial charge in [0.2, 0.25) is 10.0 Å². The minimum Gasteiger partial charge on any atom is -0.481 e. The van der Waals surface area contributed by atoms with E-state index in [0.717, 1.165) is 5.56 Å². The molecule has 1 atom stereocenters. The van der Waals surface area contributed by atoms with Crippen LogP contribution in [0.3, 0.4) is 0 Å². The fraction of sp³-hybridized carbons (Fsp3) is 0.500. The fourth-order valence-corrected chi connectivity index (χ4v) is 3.29. The minimum absolute atomic E-state index is 0.00449. The van der Waals surface area contributed by atoms with Gasteiger partial charge in [-0.2, -0.15) is 13.2 Å². The summed E-state index contributed by atoms with van der Waals surface area (Å²) in [6.45, 7) is 0. The summed E-state index contributed by atoms with van der Waals surface area (Å²) in [5, 5.41) is 8.71. The summed E-state index contributed by atoms with van der Waals surface area (Å²) in [6, 6.07) is 7.94. The lowest BCUT2D eigenvalue weighted by Gasteiger charge is -2.18. The fourth-order valence-electron chi connectivity index (χ4n) is 1.96. The number of hydrogen-bond donors (Lipinski definition) is 2. The molecule has 0 saturated carbocycles. The van der Waals surface area contributed by atoms with Crippen LogP contribution in [-0.4, -0.2) is 37.5 Å². The van der Waals surface area contributed by atoms with E-state index in [0.29, 0.717) is 0 Å². The monoisotopic (exact) mass is 353 g/mol. The zero-order valence-corrected chi connectivity index (χ0v) is 13.0. The standard InChI is InChI=1S/C14H18F3NO4S/c15-14(16,17)8-9-23(21,22)18-12(6-7-13(19)20)10-11-4-2-1-3-5-11/h1-5,12,18H,6-10H2,(H,19,20). The third-order valence-corrected chi connectivity index (χ3v) is 4.47. The molecule has 1 unspecified atom stereocenters. The van der Waals surface area contributed by atoms with Crippen molar-refractivity contribution in [1.29, 1.82) is 0 Å². The van der Waals surface area contributed by atoms with E-state index in [-0.39, 0.29) is 19.3 Å². The summed E-state index contributed by atoms with van der Waals surface area (Å²) in [4.78, 5) is 10.7.